The summed E-state index contributed by atoms with van der Waals surface area (Å²) in [6, 6.07) is 6.05. The van der Waals surface area contributed by atoms with Crippen LogP contribution in [0.25, 0.3) is 5.57 Å². The van der Waals surface area contributed by atoms with E-state index in [9.17, 15) is 13.2 Å². The van der Waals surface area contributed by atoms with Gasteiger partial charge in [0.15, 0.2) is 0 Å². The molecule has 5 heteroatoms. The zero-order chi connectivity index (χ0) is 13.9. The lowest BCUT2D eigenvalue weighted by Gasteiger charge is -2.18. The van der Waals surface area contributed by atoms with Crippen LogP contribution in [-0.2, 0) is 0 Å². The minimum Gasteiger partial charge on any atom is -0.406 e. The molecule has 1 aromatic rings. The number of rotatable bonds is 2. The minimum absolute atomic E-state index is 0.181. The minimum atomic E-state index is -4.63. The van der Waals surface area contributed by atoms with E-state index in [0.717, 1.165) is 37.1 Å². The van der Waals surface area contributed by atoms with Gasteiger partial charge in [-0.25, -0.2) is 0 Å². The van der Waals surface area contributed by atoms with Crippen LogP contribution in [0.2, 0.25) is 0 Å². The van der Waals surface area contributed by atoms with E-state index >= 15 is 0 Å². The Balaban J connectivity index is 2.13. The Bertz CT molecular complexity index is 455. The molecule has 0 spiro atoms. The van der Waals surface area contributed by atoms with Crippen molar-refractivity contribution in [3.8, 4) is 5.75 Å². The Labute approximate surface area is 110 Å². The molecule has 0 saturated carbocycles. The van der Waals surface area contributed by atoms with E-state index in [2.05, 4.69) is 10.1 Å². The van der Waals surface area contributed by atoms with Gasteiger partial charge >= 0.3 is 6.36 Å². The van der Waals surface area contributed by atoms with Gasteiger partial charge in [0.05, 0.1) is 0 Å². The van der Waals surface area contributed by atoms with Gasteiger partial charge in [0, 0.05) is 0 Å². The maximum atomic E-state index is 12.1. The fourth-order valence-electron chi connectivity index (χ4n) is 2.21. The quantitative estimate of drug-likeness (QED) is 0.884. The Morgan fingerprint density at radius 3 is 2.21 bits per heavy atom. The first-order valence-corrected chi connectivity index (χ1v) is 6.21. The van der Waals surface area contributed by atoms with E-state index in [1.54, 1.807) is 12.1 Å². The largest absolute Gasteiger partial charge is 0.573 e. The van der Waals surface area contributed by atoms with Crippen LogP contribution in [0.3, 0.4) is 0 Å². The van der Waals surface area contributed by atoms with Gasteiger partial charge in [0.2, 0.25) is 0 Å². The van der Waals surface area contributed by atoms with Crippen LogP contribution >= 0.6 is 0 Å². The third-order valence-corrected chi connectivity index (χ3v) is 3.26. The Morgan fingerprint density at radius 2 is 1.68 bits per heavy atom. The van der Waals surface area contributed by atoms with Crippen molar-refractivity contribution in [1.29, 1.82) is 0 Å². The highest BCUT2D eigenvalue weighted by Gasteiger charge is 2.30. The van der Waals surface area contributed by atoms with Gasteiger partial charge in [-0.2, -0.15) is 0 Å². The molecule has 0 aromatic heterocycles. The number of ether oxygens (including phenoxy) is 1. The maximum Gasteiger partial charge on any atom is 0.573 e. The van der Waals surface area contributed by atoms with E-state index in [4.69, 9.17) is 0 Å². The summed E-state index contributed by atoms with van der Waals surface area (Å²) in [4.78, 5) is 0. The number of hydrogen-bond donors (Lipinski definition) is 1. The number of piperidine rings is 1. The molecule has 1 aromatic carbocycles. The molecule has 0 amide bonds. The highest BCUT2D eigenvalue weighted by molar-refractivity contribution is 5.67. The number of allylic oxidation sites excluding steroid dienone is 1. The van der Waals surface area contributed by atoms with Crippen molar-refractivity contribution >= 4 is 5.57 Å². The maximum absolute atomic E-state index is 12.1. The zero-order valence-corrected chi connectivity index (χ0v) is 10.7. The molecule has 1 saturated heterocycles. The van der Waals surface area contributed by atoms with Crippen LogP contribution in [0.15, 0.2) is 29.8 Å². The monoisotopic (exact) mass is 271 g/mol. The summed E-state index contributed by atoms with van der Waals surface area (Å²) in [5, 5.41) is 3.28. The van der Waals surface area contributed by atoms with Gasteiger partial charge in [0.25, 0.3) is 0 Å². The molecule has 0 bridgehead atoms. The molecule has 19 heavy (non-hydrogen) atoms. The number of nitrogens with one attached hydrogen (secondary N) is 1. The second kappa shape index (κ2) is 5.65. The summed E-state index contributed by atoms with van der Waals surface area (Å²) in [5.41, 5.74) is 3.47. The van der Waals surface area contributed by atoms with Gasteiger partial charge in [-0.3, -0.25) is 0 Å². The van der Waals surface area contributed by atoms with Gasteiger partial charge in [-0.15, -0.1) is 13.2 Å². The molecule has 2 rings (SSSR count). The van der Waals surface area contributed by atoms with E-state index in [1.165, 1.54) is 17.7 Å². The van der Waals surface area contributed by atoms with Crippen molar-refractivity contribution in [2.24, 2.45) is 0 Å². The van der Waals surface area contributed by atoms with Gasteiger partial charge in [-0.05, 0) is 56.1 Å². The first kappa shape index (κ1) is 13.9. The Hall–Kier alpha value is -1.49. The molecule has 1 heterocycles. The zero-order valence-electron chi connectivity index (χ0n) is 10.7. The summed E-state index contributed by atoms with van der Waals surface area (Å²) in [7, 11) is 0. The molecule has 1 N–H and O–H groups in total. The molecule has 0 radical (unpaired) electrons. The third-order valence-electron chi connectivity index (χ3n) is 3.26. The van der Waals surface area contributed by atoms with Crippen molar-refractivity contribution in [1.82, 2.24) is 5.32 Å². The van der Waals surface area contributed by atoms with Crippen molar-refractivity contribution in [2.75, 3.05) is 13.1 Å². The molecule has 1 aliphatic heterocycles. The van der Waals surface area contributed by atoms with Crippen LogP contribution in [0, 0.1) is 0 Å². The van der Waals surface area contributed by atoms with Crippen LogP contribution in [0.1, 0.15) is 25.3 Å². The molecule has 0 aliphatic carbocycles. The van der Waals surface area contributed by atoms with Gasteiger partial charge in [0.1, 0.15) is 5.75 Å². The average Bonchev–Trinajstić information content (AvgIpc) is 2.38. The van der Waals surface area contributed by atoms with Gasteiger partial charge in [-0.1, -0.05) is 17.7 Å². The fourth-order valence-corrected chi connectivity index (χ4v) is 2.21. The first-order chi connectivity index (χ1) is 8.96. The number of halogens is 3. The lowest BCUT2D eigenvalue weighted by atomic mass is 9.95. The van der Waals surface area contributed by atoms with E-state index in [1.807, 2.05) is 6.92 Å². The molecule has 104 valence electrons. The standard InChI is InChI=1S/C14H16F3NO/c1-10(12-6-8-18-9-7-12)11-2-4-13(5-3-11)19-14(15,16)17/h2-5,18H,6-9H2,1H3. The number of hydrogen-bond acceptors (Lipinski definition) is 2. The third kappa shape index (κ3) is 3.99. The van der Waals surface area contributed by atoms with Crippen molar-refractivity contribution in [3.63, 3.8) is 0 Å². The topological polar surface area (TPSA) is 21.3 Å². The van der Waals surface area contributed by atoms with Crippen LogP contribution < -0.4 is 10.1 Å². The second-order valence-electron chi connectivity index (χ2n) is 4.55. The average molecular weight is 271 g/mol. The highest BCUT2D eigenvalue weighted by atomic mass is 19.4. The smallest absolute Gasteiger partial charge is 0.406 e. The molecule has 0 atom stereocenters. The first-order valence-electron chi connectivity index (χ1n) is 6.21. The highest BCUT2D eigenvalue weighted by Crippen LogP contribution is 2.27. The Kier molecular flexibility index (Phi) is 4.14. The van der Waals surface area contributed by atoms with Crippen molar-refractivity contribution < 1.29 is 17.9 Å². The van der Waals surface area contributed by atoms with Gasteiger partial charge < -0.3 is 10.1 Å². The van der Waals surface area contributed by atoms with E-state index in [0.29, 0.717) is 0 Å². The Morgan fingerprint density at radius 1 is 1.11 bits per heavy atom. The molecular formula is C14H16F3NO. The summed E-state index contributed by atoms with van der Waals surface area (Å²) < 4.78 is 40.0. The van der Waals surface area contributed by atoms with Crippen LogP contribution in [0.5, 0.6) is 5.75 Å². The summed E-state index contributed by atoms with van der Waals surface area (Å²) >= 11 is 0. The van der Waals surface area contributed by atoms with Crippen LogP contribution in [-0.4, -0.2) is 19.5 Å². The molecular weight excluding hydrogens is 255 g/mol. The summed E-state index contributed by atoms with van der Waals surface area (Å²) in [6.45, 7) is 3.93. The lowest BCUT2D eigenvalue weighted by molar-refractivity contribution is -0.274. The van der Waals surface area contributed by atoms with E-state index < -0.39 is 6.36 Å². The number of alkyl halides is 3. The second-order valence-corrected chi connectivity index (χ2v) is 4.55. The number of benzene rings is 1. The molecule has 1 aliphatic rings. The SMILES string of the molecule is CC(=C1CCNCC1)c1ccc(OC(F)(F)F)cc1. The normalized spacial score (nSPS) is 16.3. The fraction of sp³-hybridized carbons (Fsp3) is 0.429. The molecule has 0 unspecified atom stereocenters. The molecule has 1 fully saturated rings. The van der Waals surface area contributed by atoms with E-state index in [-0.39, 0.29) is 5.75 Å². The summed E-state index contributed by atoms with van der Waals surface area (Å²) in [5.74, 6) is -0.181. The van der Waals surface area contributed by atoms with Crippen molar-refractivity contribution in [3.05, 3.63) is 35.4 Å². The predicted octanol–water partition coefficient (Wildman–Crippen LogP) is 3.74. The predicted molar refractivity (Wildman–Crippen MR) is 67.8 cm³/mol. The van der Waals surface area contributed by atoms with Crippen LogP contribution in [0.4, 0.5) is 13.2 Å². The lowest BCUT2D eigenvalue weighted by Crippen LogP contribution is -2.23. The van der Waals surface area contributed by atoms with Crippen molar-refractivity contribution in [2.45, 2.75) is 26.1 Å². The summed E-state index contributed by atoms with van der Waals surface area (Å²) in [6.07, 6.45) is -2.65. The molecule has 2 nitrogen and oxygen atoms in total.